The minimum atomic E-state index is -0.272. The standard InChI is InChI=1S/C37H61N7O4/c1-4-6-7-8-17-43(5-2)36-29-34(30(3)39-37(45)31-11-13-33(14-12-31)44-21-25-47-26-22-44)40-35(41-36)10-9-23-46-27-28-48-24-20-42-18-15-32(38)16-19-42/h11-14,29-30,32H,4-10,15-28,38H2,1-3H3,(H,39,45). The zero-order valence-electron chi connectivity index (χ0n) is 29.8. The minimum absolute atomic E-state index is 0.111. The molecular weight excluding hydrogens is 606 g/mol. The Bertz CT molecular complexity index is 1190. The fourth-order valence-electron chi connectivity index (χ4n) is 6.19. The van der Waals surface area contributed by atoms with Crippen LogP contribution in [0.4, 0.5) is 11.5 Å². The molecule has 0 radical (unpaired) electrons. The lowest BCUT2D eigenvalue weighted by molar-refractivity contribution is 0.0354. The third-order valence-corrected chi connectivity index (χ3v) is 9.31. The fourth-order valence-corrected chi connectivity index (χ4v) is 6.19. The van der Waals surface area contributed by atoms with Gasteiger partial charge in [0.1, 0.15) is 11.6 Å². The number of rotatable bonds is 21. The van der Waals surface area contributed by atoms with Gasteiger partial charge in [0, 0.05) is 69.1 Å². The van der Waals surface area contributed by atoms with Crippen molar-refractivity contribution >= 4 is 17.4 Å². The van der Waals surface area contributed by atoms with E-state index in [9.17, 15) is 4.79 Å². The van der Waals surface area contributed by atoms with E-state index < -0.39 is 0 Å². The lowest BCUT2D eigenvalue weighted by Gasteiger charge is -2.29. The Morgan fingerprint density at radius 3 is 2.42 bits per heavy atom. The number of nitrogens with one attached hydrogen (secondary N) is 1. The van der Waals surface area contributed by atoms with E-state index in [1.165, 1.54) is 19.3 Å². The van der Waals surface area contributed by atoms with Crippen molar-refractivity contribution in [2.45, 2.75) is 84.2 Å². The Morgan fingerprint density at radius 2 is 1.71 bits per heavy atom. The van der Waals surface area contributed by atoms with E-state index in [1.54, 1.807) is 0 Å². The highest BCUT2D eigenvalue weighted by Gasteiger charge is 2.19. The number of benzene rings is 1. The average molecular weight is 668 g/mol. The number of hydrogen-bond acceptors (Lipinski definition) is 10. The number of aryl methyl sites for hydroxylation is 1. The molecule has 1 aromatic carbocycles. The van der Waals surface area contributed by atoms with Crippen LogP contribution in [0.15, 0.2) is 30.3 Å². The molecule has 268 valence electrons. The van der Waals surface area contributed by atoms with Gasteiger partial charge in [-0.25, -0.2) is 9.97 Å². The van der Waals surface area contributed by atoms with E-state index in [-0.39, 0.29) is 11.9 Å². The lowest BCUT2D eigenvalue weighted by Crippen LogP contribution is -2.41. The first-order valence-corrected chi connectivity index (χ1v) is 18.5. The van der Waals surface area contributed by atoms with Crippen molar-refractivity contribution in [3.8, 4) is 0 Å². The summed E-state index contributed by atoms with van der Waals surface area (Å²) in [4.78, 5) is 30.2. The van der Waals surface area contributed by atoms with Crippen LogP contribution >= 0.6 is 0 Å². The number of amides is 1. The van der Waals surface area contributed by atoms with E-state index in [0.717, 1.165) is 114 Å². The Labute approximate surface area is 288 Å². The van der Waals surface area contributed by atoms with E-state index in [2.05, 4.69) is 33.9 Å². The molecule has 48 heavy (non-hydrogen) atoms. The first kappa shape index (κ1) is 38.0. The number of hydrogen-bond donors (Lipinski definition) is 2. The number of carbonyl (C=O) groups excluding carboxylic acids is 1. The maximum atomic E-state index is 13.3. The number of nitrogens with zero attached hydrogens (tertiary/aromatic N) is 5. The number of carbonyl (C=O) groups is 1. The van der Waals surface area contributed by atoms with Crippen molar-refractivity contribution in [2.24, 2.45) is 5.73 Å². The molecule has 11 nitrogen and oxygen atoms in total. The number of ether oxygens (including phenoxy) is 3. The van der Waals surface area contributed by atoms with Crippen LogP contribution in [0.25, 0.3) is 0 Å². The van der Waals surface area contributed by atoms with Gasteiger partial charge in [0.25, 0.3) is 5.91 Å². The normalized spacial score (nSPS) is 16.6. The lowest BCUT2D eigenvalue weighted by atomic mass is 10.1. The van der Waals surface area contributed by atoms with E-state index in [4.69, 9.17) is 29.9 Å². The first-order valence-electron chi connectivity index (χ1n) is 18.5. The Kier molecular flexibility index (Phi) is 16.9. The van der Waals surface area contributed by atoms with Gasteiger partial charge in [0.2, 0.25) is 0 Å². The maximum Gasteiger partial charge on any atom is 0.251 e. The highest BCUT2D eigenvalue weighted by atomic mass is 16.5. The molecule has 2 aliphatic heterocycles. The summed E-state index contributed by atoms with van der Waals surface area (Å²) in [5.41, 5.74) is 8.57. The quantitative estimate of drug-likeness (QED) is 0.183. The van der Waals surface area contributed by atoms with Crippen LogP contribution in [0.2, 0.25) is 0 Å². The van der Waals surface area contributed by atoms with Gasteiger partial charge in [-0.2, -0.15) is 0 Å². The summed E-state index contributed by atoms with van der Waals surface area (Å²) < 4.78 is 17.1. The van der Waals surface area contributed by atoms with E-state index >= 15 is 0 Å². The summed E-state index contributed by atoms with van der Waals surface area (Å²) >= 11 is 0. The first-order chi connectivity index (χ1) is 23.5. The molecule has 4 rings (SSSR count). The molecule has 0 aliphatic carbocycles. The van der Waals surface area contributed by atoms with Gasteiger partial charge in [-0.05, 0) is 76.9 Å². The summed E-state index contributed by atoms with van der Waals surface area (Å²) in [5, 5.41) is 3.18. The zero-order valence-corrected chi connectivity index (χ0v) is 29.8. The van der Waals surface area contributed by atoms with Crippen molar-refractivity contribution in [3.63, 3.8) is 0 Å². The monoisotopic (exact) mass is 667 g/mol. The number of piperidine rings is 1. The third kappa shape index (κ3) is 12.9. The van der Waals surface area contributed by atoms with Crippen LogP contribution in [0.1, 0.15) is 93.6 Å². The second-order valence-corrected chi connectivity index (χ2v) is 13.1. The van der Waals surface area contributed by atoms with Crippen LogP contribution in [0.5, 0.6) is 0 Å². The smallest absolute Gasteiger partial charge is 0.251 e. The van der Waals surface area contributed by atoms with Crippen molar-refractivity contribution in [1.82, 2.24) is 20.2 Å². The van der Waals surface area contributed by atoms with Crippen LogP contribution in [0.3, 0.4) is 0 Å². The number of nitrogens with two attached hydrogens (primary N) is 1. The zero-order chi connectivity index (χ0) is 34.0. The topological polar surface area (TPSA) is 118 Å². The molecule has 1 amide bonds. The molecule has 2 aliphatic rings. The third-order valence-electron chi connectivity index (χ3n) is 9.31. The second-order valence-electron chi connectivity index (χ2n) is 13.1. The second kappa shape index (κ2) is 21.3. The van der Waals surface area contributed by atoms with Gasteiger partial charge in [-0.1, -0.05) is 26.2 Å². The molecule has 3 N–H and O–H groups in total. The number of likely N-dealkylation sites (tertiary alicyclic amines) is 1. The van der Waals surface area contributed by atoms with E-state index in [1.807, 2.05) is 37.3 Å². The molecule has 0 spiro atoms. The van der Waals surface area contributed by atoms with Gasteiger partial charge in [-0.15, -0.1) is 0 Å². The highest BCUT2D eigenvalue weighted by Crippen LogP contribution is 2.21. The summed E-state index contributed by atoms with van der Waals surface area (Å²) in [6.07, 6.45) is 8.46. The SMILES string of the molecule is CCCCCCN(CC)c1cc(C(C)NC(=O)c2ccc(N3CCOCC3)cc2)nc(CCCOCCOCCN2CCC(N)CC2)n1. The van der Waals surface area contributed by atoms with E-state index in [0.29, 0.717) is 37.8 Å². The van der Waals surface area contributed by atoms with Crippen LogP contribution in [-0.2, 0) is 20.6 Å². The largest absolute Gasteiger partial charge is 0.379 e. The maximum absolute atomic E-state index is 13.3. The average Bonchev–Trinajstić information content (AvgIpc) is 3.12. The molecule has 1 unspecified atom stereocenters. The van der Waals surface area contributed by atoms with Crippen LogP contribution < -0.4 is 20.9 Å². The highest BCUT2D eigenvalue weighted by molar-refractivity contribution is 5.94. The Morgan fingerprint density at radius 1 is 0.979 bits per heavy atom. The molecule has 0 saturated carbocycles. The summed E-state index contributed by atoms with van der Waals surface area (Å²) in [5.74, 6) is 1.60. The van der Waals surface area contributed by atoms with Gasteiger partial charge in [0.05, 0.1) is 44.8 Å². The van der Waals surface area contributed by atoms with Crippen molar-refractivity contribution in [1.29, 1.82) is 0 Å². The van der Waals surface area contributed by atoms with Crippen LogP contribution in [-0.4, -0.2) is 112 Å². The molecule has 2 aromatic rings. The molecule has 2 saturated heterocycles. The minimum Gasteiger partial charge on any atom is -0.379 e. The molecular formula is C37H61N7O4. The van der Waals surface area contributed by atoms with Crippen LogP contribution in [0, 0.1) is 0 Å². The van der Waals surface area contributed by atoms with Gasteiger partial charge >= 0.3 is 0 Å². The summed E-state index contributed by atoms with van der Waals surface area (Å²) in [6, 6.07) is 9.96. The molecule has 1 atom stereocenters. The number of unbranched alkanes of at least 4 members (excludes halogenated alkanes) is 3. The fraction of sp³-hybridized carbons (Fsp3) is 0.703. The predicted octanol–water partition coefficient (Wildman–Crippen LogP) is 4.60. The van der Waals surface area contributed by atoms with Crippen molar-refractivity contribution in [2.75, 3.05) is 95.3 Å². The number of anilines is 2. The van der Waals surface area contributed by atoms with Crippen molar-refractivity contribution in [3.05, 3.63) is 47.4 Å². The Hall–Kier alpha value is -2.83. The molecule has 2 fully saturated rings. The number of aromatic nitrogens is 2. The Balaban J connectivity index is 1.29. The van der Waals surface area contributed by atoms with Crippen molar-refractivity contribution < 1.29 is 19.0 Å². The molecule has 11 heteroatoms. The summed E-state index contributed by atoms with van der Waals surface area (Å²) in [7, 11) is 0. The van der Waals surface area contributed by atoms with Gasteiger partial charge in [-0.3, -0.25) is 4.79 Å². The molecule has 0 bridgehead atoms. The predicted molar refractivity (Wildman–Crippen MR) is 193 cm³/mol. The van der Waals surface area contributed by atoms with Gasteiger partial charge < -0.3 is 40.0 Å². The van der Waals surface area contributed by atoms with Gasteiger partial charge in [0.15, 0.2) is 0 Å². The molecule has 1 aromatic heterocycles. The summed E-state index contributed by atoms with van der Waals surface area (Å²) in [6.45, 7) is 17.0. The molecule has 3 heterocycles. The number of morpholine rings is 1.